The smallest absolute Gasteiger partial charge is 0.242 e. The summed E-state index contributed by atoms with van der Waals surface area (Å²) < 4.78 is 5.36. The van der Waals surface area contributed by atoms with E-state index >= 15 is 0 Å². The lowest BCUT2D eigenvalue weighted by atomic mass is 10.1. The second kappa shape index (κ2) is 7.11. The number of aromatic nitrogens is 2. The van der Waals surface area contributed by atoms with E-state index in [1.807, 2.05) is 0 Å². The fourth-order valence-corrected chi connectivity index (χ4v) is 3.69. The number of nitrogens with zero attached hydrogens (tertiary/aromatic N) is 3. The fourth-order valence-electron chi connectivity index (χ4n) is 3.69. The summed E-state index contributed by atoms with van der Waals surface area (Å²) in [6.45, 7) is 1.80. The number of nitrogens with one attached hydrogen (secondary N) is 2. The zero-order chi connectivity index (χ0) is 17.2. The van der Waals surface area contributed by atoms with E-state index < -0.39 is 6.04 Å². The molecule has 3 heterocycles. The van der Waals surface area contributed by atoms with Crippen molar-refractivity contribution in [3.05, 3.63) is 11.7 Å². The van der Waals surface area contributed by atoms with Crippen LogP contribution in [0.15, 0.2) is 4.52 Å². The Bertz CT molecular complexity index is 642. The quantitative estimate of drug-likeness (QED) is 0.820. The number of hydrogen-bond acceptors (Lipinski definition) is 6. The lowest BCUT2D eigenvalue weighted by Gasteiger charge is -2.22. The van der Waals surface area contributed by atoms with E-state index in [2.05, 4.69) is 25.7 Å². The van der Waals surface area contributed by atoms with Gasteiger partial charge < -0.3 is 15.2 Å². The Hall–Kier alpha value is -1.96. The van der Waals surface area contributed by atoms with Crippen LogP contribution in [0.5, 0.6) is 0 Å². The van der Waals surface area contributed by atoms with E-state index in [-0.39, 0.29) is 24.4 Å². The van der Waals surface area contributed by atoms with Crippen molar-refractivity contribution >= 4 is 11.8 Å². The molecule has 25 heavy (non-hydrogen) atoms. The molecule has 2 atom stereocenters. The maximum absolute atomic E-state index is 12.4. The third-order valence-corrected chi connectivity index (χ3v) is 5.26. The largest absolute Gasteiger partial charge is 0.354 e. The van der Waals surface area contributed by atoms with Crippen molar-refractivity contribution in [3.63, 3.8) is 0 Å². The van der Waals surface area contributed by atoms with Crippen molar-refractivity contribution < 1.29 is 14.1 Å². The van der Waals surface area contributed by atoms with Crippen LogP contribution >= 0.6 is 0 Å². The molecule has 0 radical (unpaired) electrons. The number of likely N-dealkylation sites (tertiary alicyclic amines) is 1. The molecule has 4 rings (SSSR count). The van der Waals surface area contributed by atoms with Crippen LogP contribution < -0.4 is 10.6 Å². The Morgan fingerprint density at radius 3 is 2.96 bits per heavy atom. The molecule has 1 aliphatic carbocycles. The van der Waals surface area contributed by atoms with Gasteiger partial charge in [-0.15, -0.1) is 0 Å². The van der Waals surface area contributed by atoms with Gasteiger partial charge in [0.2, 0.25) is 17.7 Å². The molecule has 0 spiro atoms. The van der Waals surface area contributed by atoms with E-state index in [4.69, 9.17) is 4.52 Å². The lowest BCUT2D eigenvalue weighted by Crippen LogP contribution is -2.48. The lowest BCUT2D eigenvalue weighted by molar-refractivity contribution is -0.129. The van der Waals surface area contributed by atoms with Gasteiger partial charge in [0.1, 0.15) is 6.04 Å². The van der Waals surface area contributed by atoms with Gasteiger partial charge in [-0.2, -0.15) is 4.98 Å². The Kier molecular flexibility index (Phi) is 4.70. The average molecular weight is 347 g/mol. The Morgan fingerprint density at radius 1 is 1.24 bits per heavy atom. The Labute approximate surface area is 146 Å². The van der Waals surface area contributed by atoms with Gasteiger partial charge in [0, 0.05) is 12.5 Å². The van der Waals surface area contributed by atoms with Crippen molar-refractivity contribution in [2.75, 3.05) is 19.6 Å². The second-order valence-electron chi connectivity index (χ2n) is 7.30. The molecule has 0 aromatic carbocycles. The third-order valence-electron chi connectivity index (χ3n) is 5.26. The van der Waals surface area contributed by atoms with Crippen molar-refractivity contribution in [1.29, 1.82) is 0 Å². The van der Waals surface area contributed by atoms with Gasteiger partial charge in [-0.05, 0) is 51.5 Å². The molecule has 136 valence electrons. The highest BCUT2D eigenvalue weighted by atomic mass is 16.5. The minimum absolute atomic E-state index is 0.0324. The highest BCUT2D eigenvalue weighted by Crippen LogP contribution is 2.40. The van der Waals surface area contributed by atoms with E-state index in [0.717, 1.165) is 51.0 Å². The predicted molar refractivity (Wildman–Crippen MR) is 88.6 cm³/mol. The van der Waals surface area contributed by atoms with Crippen LogP contribution in [0.4, 0.5) is 0 Å². The summed E-state index contributed by atoms with van der Waals surface area (Å²) >= 11 is 0. The highest BCUT2D eigenvalue weighted by Gasteiger charge is 2.35. The van der Waals surface area contributed by atoms with Gasteiger partial charge in [-0.1, -0.05) is 5.16 Å². The van der Waals surface area contributed by atoms with Crippen LogP contribution in [0.1, 0.15) is 68.6 Å². The Balaban J connectivity index is 1.35. The molecule has 1 aromatic rings. The van der Waals surface area contributed by atoms with Gasteiger partial charge in [0.15, 0.2) is 5.82 Å². The maximum atomic E-state index is 12.4. The van der Waals surface area contributed by atoms with Crippen molar-refractivity contribution in [2.24, 2.45) is 0 Å². The topological polar surface area (TPSA) is 100 Å². The SMILES string of the molecule is O=C(CN1CCC[C@H]1c1noc(C2CC2)n1)N[C@@H]1CCCCNC1=O. The molecule has 1 saturated carbocycles. The molecule has 2 N–H and O–H groups in total. The van der Waals surface area contributed by atoms with Gasteiger partial charge in [-0.25, -0.2) is 0 Å². The zero-order valence-electron chi connectivity index (χ0n) is 14.4. The number of hydrogen-bond donors (Lipinski definition) is 2. The van der Waals surface area contributed by atoms with Crippen molar-refractivity contribution in [2.45, 2.75) is 62.9 Å². The number of rotatable bonds is 5. The van der Waals surface area contributed by atoms with E-state index in [9.17, 15) is 9.59 Å². The van der Waals surface area contributed by atoms with Crippen molar-refractivity contribution in [1.82, 2.24) is 25.7 Å². The van der Waals surface area contributed by atoms with Gasteiger partial charge in [0.05, 0.1) is 12.6 Å². The summed E-state index contributed by atoms with van der Waals surface area (Å²) in [6.07, 6.45) is 6.81. The maximum Gasteiger partial charge on any atom is 0.242 e. The van der Waals surface area contributed by atoms with Gasteiger partial charge in [-0.3, -0.25) is 14.5 Å². The minimum atomic E-state index is -0.414. The molecule has 2 saturated heterocycles. The number of carbonyl (C=O) groups excluding carboxylic acids is 2. The molecule has 1 aromatic heterocycles. The molecular formula is C17H25N5O3. The van der Waals surface area contributed by atoms with Crippen LogP contribution in [0.2, 0.25) is 0 Å². The van der Waals surface area contributed by atoms with E-state index in [1.54, 1.807) is 0 Å². The van der Waals surface area contributed by atoms with E-state index in [1.165, 1.54) is 0 Å². The molecule has 0 bridgehead atoms. The zero-order valence-corrected chi connectivity index (χ0v) is 14.4. The van der Waals surface area contributed by atoms with Crippen LogP contribution in [-0.4, -0.2) is 52.5 Å². The van der Waals surface area contributed by atoms with Crippen LogP contribution in [0.3, 0.4) is 0 Å². The summed E-state index contributed by atoms with van der Waals surface area (Å²) in [6, 6.07) is -0.382. The van der Waals surface area contributed by atoms with Gasteiger partial charge in [0.25, 0.3) is 0 Å². The first-order chi connectivity index (χ1) is 12.2. The number of amides is 2. The first kappa shape index (κ1) is 16.5. The summed E-state index contributed by atoms with van der Waals surface area (Å²) in [5, 5.41) is 9.87. The monoisotopic (exact) mass is 347 g/mol. The molecular weight excluding hydrogens is 322 g/mol. The minimum Gasteiger partial charge on any atom is -0.354 e. The van der Waals surface area contributed by atoms with Crippen molar-refractivity contribution in [3.8, 4) is 0 Å². The summed E-state index contributed by atoms with van der Waals surface area (Å²) in [7, 11) is 0. The summed E-state index contributed by atoms with van der Waals surface area (Å²) in [5.74, 6) is 1.69. The Morgan fingerprint density at radius 2 is 2.12 bits per heavy atom. The standard InChI is InChI=1S/C17H25N5O3/c23-14(19-12-4-1-2-8-18-16(12)24)10-22-9-3-5-13(22)15-20-17(25-21-15)11-6-7-11/h11-13H,1-10H2,(H,18,24)(H,19,23)/t12-,13+/m1/s1. The van der Waals surface area contributed by atoms with Crippen LogP contribution in [0.25, 0.3) is 0 Å². The average Bonchev–Trinajstić information content (AvgIpc) is 3.21. The van der Waals surface area contributed by atoms with E-state index in [0.29, 0.717) is 24.7 Å². The number of carbonyl (C=O) groups is 2. The molecule has 8 heteroatoms. The normalized spacial score (nSPS) is 27.8. The van der Waals surface area contributed by atoms with Crippen LogP contribution in [-0.2, 0) is 9.59 Å². The third kappa shape index (κ3) is 3.84. The molecule has 3 aliphatic rings. The molecule has 3 fully saturated rings. The molecule has 2 amide bonds. The second-order valence-corrected chi connectivity index (χ2v) is 7.30. The first-order valence-electron chi connectivity index (χ1n) is 9.35. The summed E-state index contributed by atoms with van der Waals surface area (Å²) in [5.41, 5.74) is 0. The molecule has 2 aliphatic heterocycles. The summed E-state index contributed by atoms with van der Waals surface area (Å²) in [4.78, 5) is 31.0. The molecule has 0 unspecified atom stereocenters. The first-order valence-corrected chi connectivity index (χ1v) is 9.35. The highest BCUT2D eigenvalue weighted by molar-refractivity contribution is 5.88. The van der Waals surface area contributed by atoms with Gasteiger partial charge >= 0.3 is 0 Å². The molecule has 8 nitrogen and oxygen atoms in total. The predicted octanol–water partition coefficient (Wildman–Crippen LogP) is 0.869. The van der Waals surface area contributed by atoms with Crippen LogP contribution in [0, 0.1) is 0 Å². The fraction of sp³-hybridized carbons (Fsp3) is 0.765.